The third kappa shape index (κ3) is 4.60. The Hall–Kier alpha value is -2.98. The number of amides is 2. The molecule has 0 atom stereocenters. The van der Waals surface area contributed by atoms with E-state index >= 15 is 0 Å². The number of halogens is 8. The molecule has 0 saturated carbocycles. The van der Waals surface area contributed by atoms with Gasteiger partial charge in [0.05, 0.1) is 22.3 Å². The topological polar surface area (TPSA) is 37.4 Å². The van der Waals surface area contributed by atoms with Gasteiger partial charge in [0, 0.05) is 6.54 Å². The molecule has 0 aliphatic rings. The second-order valence-electron chi connectivity index (χ2n) is 6.09. The van der Waals surface area contributed by atoms with E-state index in [9.17, 15) is 44.7 Å². The molecule has 0 aliphatic carbocycles. The smallest absolute Gasteiger partial charge is 0.274 e. The zero-order valence-electron chi connectivity index (χ0n) is 15.2. The number of carbonyl (C=O) groups excluding carboxylic acids is 2. The van der Waals surface area contributed by atoms with Gasteiger partial charge in [0.1, 0.15) is 11.6 Å². The highest BCUT2D eigenvalue weighted by molar-refractivity contribution is 6.10. The van der Waals surface area contributed by atoms with Crippen LogP contribution in [0.15, 0.2) is 36.4 Å². The highest BCUT2D eigenvalue weighted by atomic mass is 19.4. The molecule has 0 fully saturated rings. The summed E-state index contributed by atoms with van der Waals surface area (Å²) in [5, 5.41) is 0. The van der Waals surface area contributed by atoms with Crippen LogP contribution in [-0.4, -0.2) is 23.3 Å². The molecule has 0 heterocycles. The first kappa shape index (κ1) is 23.3. The summed E-state index contributed by atoms with van der Waals surface area (Å²) < 4.78 is 106. The van der Waals surface area contributed by atoms with Crippen LogP contribution in [0, 0.1) is 11.6 Å². The Kier molecular flexibility index (Phi) is 6.53. The monoisotopic (exact) mass is 439 g/mol. The van der Waals surface area contributed by atoms with Gasteiger partial charge in [-0.3, -0.25) is 14.5 Å². The average Bonchev–Trinajstić information content (AvgIpc) is 2.63. The van der Waals surface area contributed by atoms with Gasteiger partial charge in [0.2, 0.25) is 0 Å². The summed E-state index contributed by atoms with van der Waals surface area (Å²) >= 11 is 0. The Morgan fingerprint density at radius 2 is 1.13 bits per heavy atom. The van der Waals surface area contributed by atoms with Crippen molar-refractivity contribution in [2.75, 3.05) is 6.54 Å². The molecule has 0 N–H and O–H groups in total. The first-order chi connectivity index (χ1) is 13.8. The lowest BCUT2D eigenvalue weighted by Crippen LogP contribution is -2.39. The van der Waals surface area contributed by atoms with E-state index in [4.69, 9.17) is 0 Å². The molecular formula is C19H13F8NO2. The molecule has 2 aromatic rings. The summed E-state index contributed by atoms with van der Waals surface area (Å²) in [4.78, 5) is 25.4. The molecule has 0 bridgehead atoms. The zero-order valence-corrected chi connectivity index (χ0v) is 15.2. The summed E-state index contributed by atoms with van der Waals surface area (Å²) in [6, 6.07) is 3.60. The minimum Gasteiger partial charge on any atom is -0.274 e. The van der Waals surface area contributed by atoms with E-state index in [1.807, 2.05) is 0 Å². The maximum absolute atomic E-state index is 14.3. The quantitative estimate of drug-likeness (QED) is 0.453. The lowest BCUT2D eigenvalue weighted by atomic mass is 10.1. The number of alkyl halides is 6. The highest BCUT2D eigenvalue weighted by Crippen LogP contribution is 2.34. The molecule has 3 nitrogen and oxygen atoms in total. The van der Waals surface area contributed by atoms with Crippen LogP contribution in [0.2, 0.25) is 0 Å². The Morgan fingerprint density at radius 3 is 1.43 bits per heavy atom. The van der Waals surface area contributed by atoms with Gasteiger partial charge in [-0.2, -0.15) is 26.3 Å². The molecule has 0 unspecified atom stereocenters. The van der Waals surface area contributed by atoms with Crippen molar-refractivity contribution in [2.45, 2.75) is 25.7 Å². The number of carbonyl (C=O) groups is 2. The molecule has 0 aliphatic heterocycles. The van der Waals surface area contributed by atoms with Crippen molar-refractivity contribution < 1.29 is 44.7 Å². The Labute approximate surface area is 164 Å². The predicted octanol–water partition coefficient (Wildman–Crippen LogP) is 5.70. The fourth-order valence-corrected chi connectivity index (χ4v) is 2.64. The summed E-state index contributed by atoms with van der Waals surface area (Å²) in [7, 11) is 0. The van der Waals surface area contributed by atoms with Crippen LogP contribution in [0.4, 0.5) is 35.1 Å². The lowest BCUT2D eigenvalue weighted by Gasteiger charge is -2.22. The maximum Gasteiger partial charge on any atom is 0.419 e. The van der Waals surface area contributed by atoms with Crippen molar-refractivity contribution in [3.8, 4) is 0 Å². The zero-order chi connectivity index (χ0) is 22.9. The van der Waals surface area contributed by atoms with Crippen molar-refractivity contribution in [2.24, 2.45) is 0 Å². The molecule has 30 heavy (non-hydrogen) atoms. The van der Waals surface area contributed by atoms with Crippen molar-refractivity contribution in [3.05, 3.63) is 70.3 Å². The van der Waals surface area contributed by atoms with Gasteiger partial charge in [0.15, 0.2) is 0 Å². The van der Waals surface area contributed by atoms with Crippen LogP contribution in [0.25, 0.3) is 0 Å². The van der Waals surface area contributed by atoms with Crippen LogP contribution in [0.3, 0.4) is 0 Å². The number of benzene rings is 2. The van der Waals surface area contributed by atoms with Crippen LogP contribution in [-0.2, 0) is 12.4 Å². The van der Waals surface area contributed by atoms with Crippen LogP contribution in [0.5, 0.6) is 0 Å². The van der Waals surface area contributed by atoms with E-state index in [1.54, 1.807) is 0 Å². The fraction of sp³-hybridized carbons (Fsp3) is 0.263. The van der Waals surface area contributed by atoms with Gasteiger partial charge in [-0.05, 0) is 30.7 Å². The number of imide groups is 1. The molecule has 2 amide bonds. The van der Waals surface area contributed by atoms with Crippen LogP contribution >= 0.6 is 0 Å². The molecule has 0 spiro atoms. The van der Waals surface area contributed by atoms with Crippen LogP contribution in [0.1, 0.15) is 45.2 Å². The Balaban J connectivity index is 2.54. The molecule has 162 valence electrons. The fourth-order valence-electron chi connectivity index (χ4n) is 2.64. The predicted molar refractivity (Wildman–Crippen MR) is 88.5 cm³/mol. The summed E-state index contributed by atoms with van der Waals surface area (Å²) in [5.74, 6) is -6.98. The first-order valence-corrected chi connectivity index (χ1v) is 8.38. The maximum atomic E-state index is 14.3. The van der Waals surface area contributed by atoms with E-state index in [1.165, 1.54) is 6.92 Å². The van der Waals surface area contributed by atoms with Crippen LogP contribution < -0.4 is 0 Å². The minimum absolute atomic E-state index is 0.0264. The average molecular weight is 439 g/mol. The van der Waals surface area contributed by atoms with Crippen molar-refractivity contribution in [1.82, 2.24) is 4.90 Å². The molecule has 2 aromatic carbocycles. The van der Waals surface area contributed by atoms with Gasteiger partial charge in [-0.25, -0.2) is 8.78 Å². The lowest BCUT2D eigenvalue weighted by molar-refractivity contribution is -0.140. The number of hydrogen-bond donors (Lipinski definition) is 0. The molecule has 2 rings (SSSR count). The standard InChI is InChI=1S/C19H13F8NO2/c1-2-9-28(16(29)10-5-3-7-12(14(10)20)18(22,23)24)17(30)11-6-4-8-13(15(11)21)19(25,26)27/h3-8H,2,9H2,1H3. The summed E-state index contributed by atoms with van der Waals surface area (Å²) in [6.45, 7) is 0.946. The van der Waals surface area contributed by atoms with Gasteiger partial charge < -0.3 is 0 Å². The van der Waals surface area contributed by atoms with Gasteiger partial charge in [-0.1, -0.05) is 19.1 Å². The summed E-state index contributed by atoms with van der Waals surface area (Å²) in [5.41, 5.74) is -5.77. The number of nitrogens with zero attached hydrogens (tertiary/aromatic N) is 1. The molecule has 0 aromatic heterocycles. The Morgan fingerprint density at radius 1 is 0.767 bits per heavy atom. The molecular weight excluding hydrogens is 426 g/mol. The number of rotatable bonds is 4. The van der Waals surface area contributed by atoms with E-state index in [0.29, 0.717) is 24.3 Å². The number of hydrogen-bond acceptors (Lipinski definition) is 2. The van der Waals surface area contributed by atoms with Gasteiger partial charge in [-0.15, -0.1) is 0 Å². The van der Waals surface area contributed by atoms with Crippen molar-refractivity contribution in [3.63, 3.8) is 0 Å². The Bertz CT molecular complexity index is 890. The van der Waals surface area contributed by atoms with Crippen molar-refractivity contribution >= 4 is 11.8 Å². The molecule has 11 heteroatoms. The minimum atomic E-state index is -5.13. The third-order valence-electron chi connectivity index (χ3n) is 4.01. The first-order valence-electron chi connectivity index (χ1n) is 8.38. The second-order valence-corrected chi connectivity index (χ2v) is 6.09. The molecule has 0 saturated heterocycles. The SMILES string of the molecule is CCCN(C(=O)c1cccc(C(F)(F)F)c1F)C(=O)c1cccc(C(F)(F)F)c1F. The largest absolute Gasteiger partial charge is 0.419 e. The van der Waals surface area contributed by atoms with Gasteiger partial charge >= 0.3 is 12.4 Å². The summed E-state index contributed by atoms with van der Waals surface area (Å²) in [6.07, 6.45) is -10.2. The third-order valence-corrected chi connectivity index (χ3v) is 4.01. The molecule has 0 radical (unpaired) electrons. The van der Waals surface area contributed by atoms with E-state index in [0.717, 1.165) is 12.1 Å². The van der Waals surface area contributed by atoms with Gasteiger partial charge in [0.25, 0.3) is 11.8 Å². The van der Waals surface area contributed by atoms with Crippen molar-refractivity contribution in [1.29, 1.82) is 0 Å². The normalized spacial score (nSPS) is 12.0. The second kappa shape index (κ2) is 8.41. The van der Waals surface area contributed by atoms with E-state index in [-0.39, 0.29) is 11.3 Å². The highest BCUT2D eigenvalue weighted by Gasteiger charge is 2.39. The van der Waals surface area contributed by atoms with E-state index in [2.05, 4.69) is 0 Å². The van der Waals surface area contributed by atoms with E-state index < -0.39 is 64.6 Å².